The van der Waals surface area contributed by atoms with E-state index in [-0.39, 0.29) is 5.91 Å². The van der Waals surface area contributed by atoms with Gasteiger partial charge in [0.2, 0.25) is 11.9 Å². The Morgan fingerprint density at radius 1 is 1.10 bits per heavy atom. The second-order valence-electron chi connectivity index (χ2n) is 7.23. The number of nitrogens with one attached hydrogen (secondary N) is 1. The lowest BCUT2D eigenvalue weighted by Gasteiger charge is -2.35. The molecule has 1 N–H and O–H groups in total. The summed E-state index contributed by atoms with van der Waals surface area (Å²) in [6, 6.07) is 12.8. The maximum absolute atomic E-state index is 12.5. The zero-order valence-electron chi connectivity index (χ0n) is 17.1. The summed E-state index contributed by atoms with van der Waals surface area (Å²) in [4.78, 5) is 21.4. The molecule has 4 rings (SSSR count). The van der Waals surface area contributed by atoms with Gasteiger partial charge in [0.05, 0.1) is 19.3 Å². The molecule has 31 heavy (non-hydrogen) atoms. The second kappa shape index (κ2) is 9.60. The molecule has 1 aliphatic heterocycles. The molecule has 2 aromatic carbocycles. The Hall–Kier alpha value is -2.74. The zero-order chi connectivity index (χ0) is 21.8. The van der Waals surface area contributed by atoms with Gasteiger partial charge in [0, 0.05) is 54.3 Å². The van der Waals surface area contributed by atoms with Crippen LogP contribution >= 0.6 is 23.2 Å². The third kappa shape index (κ3) is 5.12. The van der Waals surface area contributed by atoms with E-state index in [0.29, 0.717) is 28.0 Å². The molecule has 1 saturated heterocycles. The topological polar surface area (TPSA) is 62.6 Å². The van der Waals surface area contributed by atoms with Crippen molar-refractivity contribution < 1.29 is 9.53 Å². The summed E-state index contributed by atoms with van der Waals surface area (Å²) in [6.07, 6.45) is 3.72. The van der Waals surface area contributed by atoms with E-state index in [0.717, 1.165) is 37.8 Å². The maximum Gasteiger partial charge on any atom is 0.238 e. The first-order valence-electron chi connectivity index (χ1n) is 9.93. The molecule has 0 unspecified atom stereocenters. The van der Waals surface area contributed by atoms with Gasteiger partial charge < -0.3 is 15.0 Å². The Morgan fingerprint density at radius 2 is 1.87 bits per heavy atom. The van der Waals surface area contributed by atoms with Gasteiger partial charge in [0.25, 0.3) is 0 Å². The molecule has 1 fully saturated rings. The van der Waals surface area contributed by atoms with Crippen molar-refractivity contribution in [3.8, 4) is 11.4 Å². The van der Waals surface area contributed by atoms with Crippen LogP contribution in [-0.2, 0) is 4.79 Å². The molecular weight excluding hydrogens is 437 g/mol. The number of carbonyl (C=O) groups excluding carboxylic acids is 1. The number of amides is 1. The van der Waals surface area contributed by atoms with E-state index in [1.165, 1.54) is 0 Å². The van der Waals surface area contributed by atoms with Crippen LogP contribution in [0.5, 0.6) is 5.75 Å². The van der Waals surface area contributed by atoms with Gasteiger partial charge in [-0.3, -0.25) is 14.3 Å². The van der Waals surface area contributed by atoms with Crippen molar-refractivity contribution in [2.75, 3.05) is 50.1 Å². The van der Waals surface area contributed by atoms with Crippen molar-refractivity contribution >= 4 is 40.7 Å². The average Bonchev–Trinajstić information content (AvgIpc) is 3.24. The third-order valence-corrected chi connectivity index (χ3v) is 5.64. The molecule has 0 radical (unpaired) electrons. The molecule has 0 aliphatic carbocycles. The summed E-state index contributed by atoms with van der Waals surface area (Å²) >= 11 is 12.2. The van der Waals surface area contributed by atoms with Gasteiger partial charge in [0.15, 0.2) is 0 Å². The highest BCUT2D eigenvalue weighted by molar-refractivity contribution is 6.31. The van der Waals surface area contributed by atoms with Crippen LogP contribution in [0.25, 0.3) is 5.69 Å². The fourth-order valence-electron chi connectivity index (χ4n) is 3.63. The minimum atomic E-state index is -0.102. The van der Waals surface area contributed by atoms with Gasteiger partial charge in [-0.15, -0.1) is 0 Å². The molecule has 0 spiro atoms. The number of piperazine rings is 1. The van der Waals surface area contributed by atoms with Crippen LogP contribution < -0.4 is 15.0 Å². The van der Waals surface area contributed by atoms with E-state index in [1.807, 2.05) is 35.0 Å². The minimum absolute atomic E-state index is 0.102. The molecule has 9 heteroatoms. The summed E-state index contributed by atoms with van der Waals surface area (Å²) in [5.74, 6) is 1.35. The van der Waals surface area contributed by atoms with Gasteiger partial charge in [-0.05, 0) is 36.4 Å². The highest BCUT2D eigenvalue weighted by atomic mass is 35.5. The fraction of sp³-hybridized carbons (Fsp3) is 0.273. The Bertz CT molecular complexity index is 1060. The molecule has 7 nitrogen and oxygen atoms in total. The van der Waals surface area contributed by atoms with Crippen LogP contribution in [0.4, 0.5) is 11.6 Å². The number of methoxy groups -OCH3 is 1. The van der Waals surface area contributed by atoms with Crippen molar-refractivity contribution in [3.63, 3.8) is 0 Å². The number of halogens is 2. The first-order valence-corrected chi connectivity index (χ1v) is 10.7. The number of nitrogens with zero attached hydrogens (tertiary/aromatic N) is 4. The van der Waals surface area contributed by atoms with Crippen molar-refractivity contribution in [2.45, 2.75) is 0 Å². The zero-order valence-corrected chi connectivity index (χ0v) is 18.6. The SMILES string of the molecule is COc1ccc(Cl)cc1NC(=O)CN1CCN(c2nccn2-c2cccc(Cl)c2)CC1. The number of imidazole rings is 1. The molecule has 0 bridgehead atoms. The maximum atomic E-state index is 12.5. The van der Waals surface area contributed by atoms with Gasteiger partial charge in [-0.2, -0.15) is 0 Å². The number of hydrogen-bond donors (Lipinski definition) is 1. The van der Waals surface area contributed by atoms with Crippen molar-refractivity contribution in [3.05, 3.63) is 64.9 Å². The summed E-state index contributed by atoms with van der Waals surface area (Å²) in [6.45, 7) is 3.34. The largest absolute Gasteiger partial charge is 0.495 e. The van der Waals surface area contributed by atoms with E-state index < -0.39 is 0 Å². The van der Waals surface area contributed by atoms with E-state index in [1.54, 1.807) is 31.5 Å². The minimum Gasteiger partial charge on any atom is -0.495 e. The highest BCUT2D eigenvalue weighted by Crippen LogP contribution is 2.27. The number of anilines is 2. The molecular formula is C22H23Cl2N5O2. The van der Waals surface area contributed by atoms with Crippen LogP contribution in [0, 0.1) is 0 Å². The van der Waals surface area contributed by atoms with E-state index in [9.17, 15) is 4.79 Å². The van der Waals surface area contributed by atoms with Gasteiger partial charge in [-0.1, -0.05) is 29.3 Å². The molecule has 1 amide bonds. The van der Waals surface area contributed by atoms with Crippen molar-refractivity contribution in [1.29, 1.82) is 0 Å². The molecule has 1 aromatic heterocycles. The van der Waals surface area contributed by atoms with Crippen LogP contribution in [-0.4, -0.2) is 60.2 Å². The first-order chi connectivity index (χ1) is 15.0. The number of hydrogen-bond acceptors (Lipinski definition) is 5. The molecule has 162 valence electrons. The Morgan fingerprint density at radius 3 is 2.61 bits per heavy atom. The summed E-state index contributed by atoms with van der Waals surface area (Å²) in [5, 5.41) is 4.12. The standard InChI is InChI=1S/C22H23Cl2N5O2/c1-31-20-6-5-17(24)14-19(20)26-21(30)15-27-9-11-28(12-10-27)22-25-7-8-29(22)18-4-2-3-16(23)13-18/h2-8,13-14H,9-12,15H2,1H3,(H,26,30). The van der Waals surface area contributed by atoms with Crippen LogP contribution in [0.2, 0.25) is 10.0 Å². The summed E-state index contributed by atoms with van der Waals surface area (Å²) < 4.78 is 7.32. The predicted molar refractivity (Wildman–Crippen MR) is 124 cm³/mol. The lowest BCUT2D eigenvalue weighted by Crippen LogP contribution is -2.49. The van der Waals surface area contributed by atoms with E-state index in [4.69, 9.17) is 27.9 Å². The summed E-state index contributed by atoms with van der Waals surface area (Å²) in [5.41, 5.74) is 1.54. The number of benzene rings is 2. The predicted octanol–water partition coefficient (Wildman–Crippen LogP) is 3.95. The van der Waals surface area contributed by atoms with Crippen LogP contribution in [0.15, 0.2) is 54.9 Å². The van der Waals surface area contributed by atoms with E-state index in [2.05, 4.69) is 20.1 Å². The monoisotopic (exact) mass is 459 g/mol. The number of aromatic nitrogens is 2. The Kier molecular flexibility index (Phi) is 6.65. The van der Waals surface area contributed by atoms with Crippen LogP contribution in [0.1, 0.15) is 0 Å². The molecule has 3 aromatic rings. The number of ether oxygens (including phenoxy) is 1. The van der Waals surface area contributed by atoms with Gasteiger partial charge >= 0.3 is 0 Å². The Balaban J connectivity index is 1.35. The van der Waals surface area contributed by atoms with E-state index >= 15 is 0 Å². The second-order valence-corrected chi connectivity index (χ2v) is 8.11. The highest BCUT2D eigenvalue weighted by Gasteiger charge is 2.22. The number of carbonyl (C=O) groups is 1. The third-order valence-electron chi connectivity index (χ3n) is 5.17. The summed E-state index contributed by atoms with van der Waals surface area (Å²) in [7, 11) is 1.56. The molecule has 0 atom stereocenters. The molecule has 0 saturated carbocycles. The first kappa shape index (κ1) is 21.5. The fourth-order valence-corrected chi connectivity index (χ4v) is 3.99. The van der Waals surface area contributed by atoms with Crippen molar-refractivity contribution in [2.24, 2.45) is 0 Å². The Labute approximate surface area is 191 Å². The number of rotatable bonds is 6. The molecule has 1 aliphatic rings. The lowest BCUT2D eigenvalue weighted by molar-refractivity contribution is -0.117. The normalized spacial score (nSPS) is 14.5. The van der Waals surface area contributed by atoms with Crippen LogP contribution in [0.3, 0.4) is 0 Å². The van der Waals surface area contributed by atoms with Gasteiger partial charge in [-0.25, -0.2) is 4.98 Å². The smallest absolute Gasteiger partial charge is 0.238 e. The average molecular weight is 460 g/mol. The van der Waals surface area contributed by atoms with Gasteiger partial charge in [0.1, 0.15) is 5.75 Å². The molecule has 2 heterocycles. The van der Waals surface area contributed by atoms with Crippen molar-refractivity contribution in [1.82, 2.24) is 14.5 Å². The quantitative estimate of drug-likeness (QED) is 0.604. The lowest BCUT2D eigenvalue weighted by atomic mass is 10.2.